The number of nitrogens with zero attached hydrogens (tertiary/aromatic N) is 1. The number of carbonyl (C=O) groups is 1. The van der Waals surface area contributed by atoms with Crippen molar-refractivity contribution in [1.29, 1.82) is 0 Å². The monoisotopic (exact) mass is 253 g/mol. The van der Waals surface area contributed by atoms with Gasteiger partial charge in [0.15, 0.2) is 5.13 Å². The summed E-state index contributed by atoms with van der Waals surface area (Å²) < 4.78 is 0. The Bertz CT molecular complexity index is 400. The fourth-order valence-electron chi connectivity index (χ4n) is 1.72. The molecule has 5 heteroatoms. The Labute approximate surface area is 106 Å². The van der Waals surface area contributed by atoms with Crippen LogP contribution >= 0.6 is 11.3 Å². The van der Waals surface area contributed by atoms with Crippen molar-refractivity contribution in [2.24, 2.45) is 11.8 Å². The lowest BCUT2D eigenvalue weighted by Gasteiger charge is -2.09. The maximum atomic E-state index is 11.9. The summed E-state index contributed by atoms with van der Waals surface area (Å²) in [6, 6.07) is 0.220. The normalized spacial score (nSPS) is 18.8. The number of anilines is 1. The smallest absolute Gasteiger partial charge is 0.229 e. The summed E-state index contributed by atoms with van der Waals surface area (Å²) in [5, 5.41) is 8.73. The van der Waals surface area contributed by atoms with Gasteiger partial charge in [-0.15, -0.1) is 11.3 Å². The Balaban J connectivity index is 1.94. The molecular formula is C12H19N3OS. The van der Waals surface area contributed by atoms with E-state index in [9.17, 15) is 4.79 Å². The fourth-order valence-corrected chi connectivity index (χ4v) is 2.53. The van der Waals surface area contributed by atoms with E-state index in [4.69, 9.17) is 0 Å². The number of carbonyl (C=O) groups excluding carboxylic acids is 1. The zero-order valence-electron chi connectivity index (χ0n) is 10.5. The van der Waals surface area contributed by atoms with E-state index >= 15 is 0 Å². The number of hydrogen-bond acceptors (Lipinski definition) is 4. The summed E-state index contributed by atoms with van der Waals surface area (Å²) in [5.41, 5.74) is 0.979. The van der Waals surface area contributed by atoms with Crippen molar-refractivity contribution < 1.29 is 4.79 Å². The molecule has 2 rings (SSSR count). The van der Waals surface area contributed by atoms with E-state index in [1.54, 1.807) is 0 Å². The molecule has 1 heterocycles. The zero-order valence-corrected chi connectivity index (χ0v) is 11.3. The standard InChI is InChI=1S/C12H19N3OS/c1-7(9-4-5-9)11(16)15-12-14-10(6-17-12)8(2)13-3/h6-9,13H,4-5H2,1-3H3,(H,14,15,16). The molecule has 0 bridgehead atoms. The molecule has 1 aromatic heterocycles. The average Bonchev–Trinajstić information content (AvgIpc) is 3.08. The SMILES string of the molecule is CNC(C)c1csc(NC(=O)C(C)C2CC2)n1. The number of thiazole rings is 1. The van der Waals surface area contributed by atoms with Crippen LogP contribution in [0.1, 0.15) is 38.4 Å². The predicted octanol–water partition coefficient (Wildman–Crippen LogP) is 2.41. The first-order valence-electron chi connectivity index (χ1n) is 6.05. The van der Waals surface area contributed by atoms with E-state index in [1.807, 2.05) is 26.3 Å². The van der Waals surface area contributed by atoms with Gasteiger partial charge in [0, 0.05) is 17.3 Å². The van der Waals surface area contributed by atoms with Crippen LogP contribution in [-0.2, 0) is 4.79 Å². The lowest BCUT2D eigenvalue weighted by Crippen LogP contribution is -2.21. The van der Waals surface area contributed by atoms with Gasteiger partial charge in [-0.2, -0.15) is 0 Å². The Morgan fingerprint density at radius 1 is 1.53 bits per heavy atom. The van der Waals surface area contributed by atoms with Crippen molar-refractivity contribution in [1.82, 2.24) is 10.3 Å². The molecule has 1 aliphatic rings. The van der Waals surface area contributed by atoms with Crippen LogP contribution in [0.3, 0.4) is 0 Å². The Kier molecular flexibility index (Phi) is 3.79. The fraction of sp³-hybridized carbons (Fsp3) is 0.667. The van der Waals surface area contributed by atoms with Gasteiger partial charge in [0.05, 0.1) is 5.69 Å². The zero-order chi connectivity index (χ0) is 12.4. The highest BCUT2D eigenvalue weighted by Gasteiger charge is 2.32. The van der Waals surface area contributed by atoms with Crippen LogP contribution in [0.2, 0.25) is 0 Å². The summed E-state index contributed by atoms with van der Waals surface area (Å²) in [6.45, 7) is 4.05. The van der Waals surface area contributed by atoms with Gasteiger partial charge >= 0.3 is 0 Å². The molecule has 1 aromatic rings. The van der Waals surface area contributed by atoms with E-state index < -0.39 is 0 Å². The highest BCUT2D eigenvalue weighted by molar-refractivity contribution is 7.13. The van der Waals surface area contributed by atoms with Crippen LogP contribution < -0.4 is 10.6 Å². The third-order valence-corrected chi connectivity index (χ3v) is 4.15. The molecule has 17 heavy (non-hydrogen) atoms. The molecule has 0 aromatic carbocycles. The van der Waals surface area contributed by atoms with E-state index in [0.717, 1.165) is 5.69 Å². The van der Waals surface area contributed by atoms with Gasteiger partial charge in [0.25, 0.3) is 0 Å². The number of rotatable bonds is 5. The van der Waals surface area contributed by atoms with Crippen LogP contribution in [0.4, 0.5) is 5.13 Å². The summed E-state index contributed by atoms with van der Waals surface area (Å²) in [7, 11) is 1.90. The second kappa shape index (κ2) is 5.14. The molecule has 0 aliphatic heterocycles. The van der Waals surface area contributed by atoms with Gasteiger partial charge in [0.1, 0.15) is 0 Å². The van der Waals surface area contributed by atoms with Crippen molar-refractivity contribution in [3.05, 3.63) is 11.1 Å². The lowest BCUT2D eigenvalue weighted by molar-refractivity contribution is -0.119. The maximum absolute atomic E-state index is 11.9. The minimum atomic E-state index is 0.102. The van der Waals surface area contributed by atoms with Crippen molar-refractivity contribution in [3.63, 3.8) is 0 Å². The molecule has 1 saturated carbocycles. The van der Waals surface area contributed by atoms with Gasteiger partial charge in [-0.1, -0.05) is 6.92 Å². The Hall–Kier alpha value is -0.940. The second-order valence-electron chi connectivity index (χ2n) is 4.70. The van der Waals surface area contributed by atoms with Crippen molar-refractivity contribution in [3.8, 4) is 0 Å². The first-order valence-corrected chi connectivity index (χ1v) is 6.93. The molecular weight excluding hydrogens is 234 g/mol. The highest BCUT2D eigenvalue weighted by Crippen LogP contribution is 2.37. The molecule has 0 saturated heterocycles. The highest BCUT2D eigenvalue weighted by atomic mass is 32.1. The molecule has 4 nitrogen and oxygen atoms in total. The van der Waals surface area contributed by atoms with Crippen LogP contribution in [0.15, 0.2) is 5.38 Å². The maximum Gasteiger partial charge on any atom is 0.229 e. The number of hydrogen-bond donors (Lipinski definition) is 2. The van der Waals surface area contributed by atoms with E-state index in [2.05, 4.69) is 15.6 Å². The van der Waals surface area contributed by atoms with Gasteiger partial charge in [-0.25, -0.2) is 4.98 Å². The molecule has 1 fully saturated rings. The minimum absolute atomic E-state index is 0.102. The summed E-state index contributed by atoms with van der Waals surface area (Å²) in [6.07, 6.45) is 2.38. The third kappa shape index (κ3) is 3.04. The lowest BCUT2D eigenvalue weighted by atomic mass is 10.1. The van der Waals surface area contributed by atoms with Crippen molar-refractivity contribution in [2.45, 2.75) is 32.7 Å². The van der Waals surface area contributed by atoms with Gasteiger partial charge in [-0.3, -0.25) is 4.79 Å². The first-order chi connectivity index (χ1) is 8.11. The number of amides is 1. The molecule has 2 unspecified atom stereocenters. The Morgan fingerprint density at radius 2 is 2.24 bits per heavy atom. The van der Waals surface area contributed by atoms with Crippen molar-refractivity contribution in [2.75, 3.05) is 12.4 Å². The first kappa shape index (κ1) is 12.5. The molecule has 2 atom stereocenters. The van der Waals surface area contributed by atoms with Gasteiger partial charge < -0.3 is 10.6 Å². The molecule has 94 valence electrons. The number of aromatic nitrogens is 1. The van der Waals surface area contributed by atoms with E-state index in [-0.39, 0.29) is 17.9 Å². The quantitative estimate of drug-likeness (QED) is 0.847. The molecule has 0 radical (unpaired) electrons. The van der Waals surface area contributed by atoms with E-state index in [0.29, 0.717) is 11.0 Å². The van der Waals surface area contributed by atoms with Crippen LogP contribution in [0, 0.1) is 11.8 Å². The van der Waals surface area contributed by atoms with Crippen LogP contribution in [0.5, 0.6) is 0 Å². The van der Waals surface area contributed by atoms with Gasteiger partial charge in [-0.05, 0) is 32.7 Å². The minimum Gasteiger partial charge on any atom is -0.312 e. The summed E-state index contributed by atoms with van der Waals surface area (Å²) in [5.74, 6) is 0.806. The van der Waals surface area contributed by atoms with Gasteiger partial charge in [0.2, 0.25) is 5.91 Å². The predicted molar refractivity (Wildman–Crippen MR) is 70.1 cm³/mol. The molecule has 1 aliphatic carbocycles. The second-order valence-corrected chi connectivity index (χ2v) is 5.56. The topological polar surface area (TPSA) is 54.0 Å². The summed E-state index contributed by atoms with van der Waals surface area (Å²) in [4.78, 5) is 16.3. The molecule has 1 amide bonds. The third-order valence-electron chi connectivity index (χ3n) is 3.37. The van der Waals surface area contributed by atoms with Crippen LogP contribution in [-0.4, -0.2) is 17.9 Å². The average molecular weight is 253 g/mol. The van der Waals surface area contributed by atoms with Crippen molar-refractivity contribution >= 4 is 22.4 Å². The van der Waals surface area contributed by atoms with Crippen LogP contribution in [0.25, 0.3) is 0 Å². The Morgan fingerprint density at radius 3 is 2.82 bits per heavy atom. The molecule has 2 N–H and O–H groups in total. The number of nitrogens with one attached hydrogen (secondary N) is 2. The largest absolute Gasteiger partial charge is 0.312 e. The molecule has 0 spiro atoms. The summed E-state index contributed by atoms with van der Waals surface area (Å²) >= 11 is 1.49. The van der Waals surface area contributed by atoms with E-state index in [1.165, 1.54) is 24.2 Å².